The summed E-state index contributed by atoms with van der Waals surface area (Å²) in [4.78, 5) is 33.0. The lowest BCUT2D eigenvalue weighted by Gasteiger charge is -2.07. The second-order valence-corrected chi connectivity index (χ2v) is 3.36. The van der Waals surface area contributed by atoms with E-state index in [0.29, 0.717) is 0 Å². The van der Waals surface area contributed by atoms with Gasteiger partial charge in [-0.1, -0.05) is 18.2 Å². The van der Waals surface area contributed by atoms with Crippen molar-refractivity contribution in [2.75, 3.05) is 7.11 Å². The number of esters is 1. The summed E-state index contributed by atoms with van der Waals surface area (Å²) in [5, 5.41) is 10.5. The van der Waals surface area contributed by atoms with Crippen molar-refractivity contribution in [3.63, 3.8) is 0 Å². The quantitative estimate of drug-likeness (QED) is 0.341. The number of benzene rings is 1. The Hall–Kier alpha value is -2.24. The fourth-order valence-electron chi connectivity index (χ4n) is 1.31. The zero-order valence-electron chi connectivity index (χ0n) is 9.38. The first kappa shape index (κ1) is 12.8. The van der Waals surface area contributed by atoms with Gasteiger partial charge in [-0.15, -0.1) is 0 Å². The van der Waals surface area contributed by atoms with Crippen LogP contribution in [0.1, 0.15) is 27.6 Å². The van der Waals surface area contributed by atoms with E-state index in [-0.39, 0.29) is 11.1 Å². The maximum atomic E-state index is 11.8. The molecule has 0 saturated heterocycles. The molecule has 0 spiro atoms. The molecule has 1 aromatic rings. The van der Waals surface area contributed by atoms with Gasteiger partial charge in [0.15, 0.2) is 0 Å². The molecule has 0 heterocycles. The molecular formula is C11H11NO5. The SMILES string of the molecule is COC(=O)c1ccccc1C(=O)C(C)[N+](=O)[O-]. The molecular weight excluding hydrogens is 226 g/mol. The minimum Gasteiger partial charge on any atom is -0.465 e. The van der Waals surface area contributed by atoms with E-state index in [1.165, 1.54) is 32.2 Å². The summed E-state index contributed by atoms with van der Waals surface area (Å²) in [5.41, 5.74) is 0.0391. The molecule has 0 bridgehead atoms. The van der Waals surface area contributed by atoms with Crippen LogP contribution in [0.4, 0.5) is 0 Å². The van der Waals surface area contributed by atoms with Gasteiger partial charge in [0.25, 0.3) is 6.04 Å². The molecule has 0 amide bonds. The third-order valence-corrected chi connectivity index (χ3v) is 2.29. The van der Waals surface area contributed by atoms with E-state index in [9.17, 15) is 19.7 Å². The van der Waals surface area contributed by atoms with E-state index >= 15 is 0 Å². The largest absolute Gasteiger partial charge is 0.465 e. The van der Waals surface area contributed by atoms with Gasteiger partial charge in [0.2, 0.25) is 5.78 Å². The molecule has 0 fully saturated rings. The number of Topliss-reactive ketones (excluding diaryl/α,β-unsaturated/α-hetero) is 1. The van der Waals surface area contributed by atoms with E-state index in [0.717, 1.165) is 0 Å². The van der Waals surface area contributed by atoms with Gasteiger partial charge in [-0.3, -0.25) is 14.9 Å². The highest BCUT2D eigenvalue weighted by molar-refractivity contribution is 6.07. The van der Waals surface area contributed by atoms with Gasteiger partial charge in [0.1, 0.15) is 0 Å². The molecule has 0 aliphatic rings. The first-order chi connectivity index (χ1) is 7.99. The predicted molar refractivity (Wildman–Crippen MR) is 58.6 cm³/mol. The lowest BCUT2D eigenvalue weighted by molar-refractivity contribution is -0.500. The van der Waals surface area contributed by atoms with Crippen LogP contribution in [0.5, 0.6) is 0 Å². The average Bonchev–Trinajstić information content (AvgIpc) is 2.35. The lowest BCUT2D eigenvalue weighted by Crippen LogP contribution is -2.27. The van der Waals surface area contributed by atoms with Gasteiger partial charge < -0.3 is 4.74 Å². The number of rotatable bonds is 4. The molecule has 1 unspecified atom stereocenters. The zero-order chi connectivity index (χ0) is 13.0. The molecule has 17 heavy (non-hydrogen) atoms. The van der Waals surface area contributed by atoms with Crippen molar-refractivity contribution in [1.82, 2.24) is 0 Å². The van der Waals surface area contributed by atoms with Gasteiger partial charge in [-0.2, -0.15) is 0 Å². The Morgan fingerprint density at radius 3 is 2.29 bits per heavy atom. The normalized spacial score (nSPS) is 11.6. The number of ketones is 1. The molecule has 0 aliphatic carbocycles. The van der Waals surface area contributed by atoms with E-state index < -0.39 is 22.7 Å². The van der Waals surface area contributed by atoms with Gasteiger partial charge in [-0.25, -0.2) is 4.79 Å². The van der Waals surface area contributed by atoms with Crippen molar-refractivity contribution in [3.05, 3.63) is 45.5 Å². The summed E-state index contributed by atoms with van der Waals surface area (Å²) in [6.45, 7) is 1.18. The maximum Gasteiger partial charge on any atom is 0.338 e. The Balaban J connectivity index is 3.18. The first-order valence-corrected chi connectivity index (χ1v) is 4.84. The molecule has 0 saturated carbocycles. The van der Waals surface area contributed by atoms with E-state index in [1.807, 2.05) is 0 Å². The molecule has 1 atom stereocenters. The summed E-state index contributed by atoms with van der Waals surface area (Å²) >= 11 is 0. The zero-order valence-corrected chi connectivity index (χ0v) is 9.38. The van der Waals surface area contributed by atoms with Crippen LogP contribution in [-0.4, -0.2) is 29.8 Å². The van der Waals surface area contributed by atoms with Crippen molar-refractivity contribution in [3.8, 4) is 0 Å². The summed E-state index contributed by atoms with van der Waals surface area (Å²) in [7, 11) is 1.18. The monoisotopic (exact) mass is 237 g/mol. The van der Waals surface area contributed by atoms with Gasteiger partial charge in [0.05, 0.1) is 12.7 Å². The van der Waals surface area contributed by atoms with Crippen molar-refractivity contribution in [2.24, 2.45) is 0 Å². The molecule has 0 aromatic heterocycles. The van der Waals surface area contributed by atoms with E-state index in [1.54, 1.807) is 6.07 Å². The van der Waals surface area contributed by atoms with Crippen molar-refractivity contribution in [2.45, 2.75) is 13.0 Å². The highest BCUT2D eigenvalue weighted by Crippen LogP contribution is 2.13. The number of nitrogens with zero attached hydrogens (tertiary/aromatic N) is 1. The molecule has 90 valence electrons. The standard InChI is InChI=1S/C11H11NO5/c1-7(12(15)16)10(13)8-5-3-4-6-9(8)11(14)17-2/h3-7H,1-2H3. The van der Waals surface area contributed by atoms with Crippen molar-refractivity contribution >= 4 is 11.8 Å². The fraction of sp³-hybridized carbons (Fsp3) is 0.273. The third-order valence-electron chi connectivity index (χ3n) is 2.29. The summed E-state index contributed by atoms with van der Waals surface area (Å²) < 4.78 is 4.51. The van der Waals surface area contributed by atoms with Crippen LogP contribution in [0, 0.1) is 10.1 Å². The third kappa shape index (κ3) is 2.66. The lowest BCUT2D eigenvalue weighted by atomic mass is 10.00. The highest BCUT2D eigenvalue weighted by atomic mass is 16.6. The Labute approximate surface area is 97.3 Å². The number of hydrogen-bond acceptors (Lipinski definition) is 5. The fourth-order valence-corrected chi connectivity index (χ4v) is 1.31. The first-order valence-electron chi connectivity index (χ1n) is 4.84. The Kier molecular flexibility index (Phi) is 3.92. The van der Waals surface area contributed by atoms with Crippen molar-refractivity contribution in [1.29, 1.82) is 0 Å². The molecule has 1 rings (SSSR count). The minimum absolute atomic E-state index is 0.00329. The summed E-state index contributed by atoms with van der Waals surface area (Å²) in [6, 6.07) is 4.47. The topological polar surface area (TPSA) is 86.5 Å². The molecule has 1 aromatic carbocycles. The minimum atomic E-state index is -1.39. The number of ether oxygens (including phenoxy) is 1. The molecule has 0 N–H and O–H groups in total. The number of methoxy groups -OCH3 is 1. The molecule has 6 nitrogen and oxygen atoms in total. The second-order valence-electron chi connectivity index (χ2n) is 3.36. The summed E-state index contributed by atoms with van der Waals surface area (Å²) in [5.74, 6) is -1.40. The van der Waals surface area contributed by atoms with Crippen LogP contribution in [-0.2, 0) is 4.74 Å². The van der Waals surface area contributed by atoms with E-state index in [4.69, 9.17) is 0 Å². The number of hydrogen-bond donors (Lipinski definition) is 0. The number of carbonyl (C=O) groups is 2. The molecule has 6 heteroatoms. The van der Waals surface area contributed by atoms with Crippen LogP contribution in [0.25, 0.3) is 0 Å². The van der Waals surface area contributed by atoms with Crippen molar-refractivity contribution < 1.29 is 19.2 Å². The summed E-state index contributed by atoms with van der Waals surface area (Å²) in [6.07, 6.45) is 0. The van der Waals surface area contributed by atoms with Crippen LogP contribution in [0.3, 0.4) is 0 Å². The van der Waals surface area contributed by atoms with Gasteiger partial charge >= 0.3 is 5.97 Å². The van der Waals surface area contributed by atoms with Crippen LogP contribution < -0.4 is 0 Å². The number of carbonyl (C=O) groups excluding carboxylic acids is 2. The Bertz CT molecular complexity index is 469. The Morgan fingerprint density at radius 1 is 1.29 bits per heavy atom. The molecule has 0 aliphatic heterocycles. The molecule has 0 radical (unpaired) electrons. The predicted octanol–water partition coefficient (Wildman–Crippen LogP) is 1.32. The average molecular weight is 237 g/mol. The maximum absolute atomic E-state index is 11.8. The highest BCUT2D eigenvalue weighted by Gasteiger charge is 2.28. The number of nitro groups is 1. The Morgan fingerprint density at radius 2 is 1.82 bits per heavy atom. The van der Waals surface area contributed by atoms with Crippen LogP contribution in [0.2, 0.25) is 0 Å². The second kappa shape index (κ2) is 5.20. The smallest absolute Gasteiger partial charge is 0.338 e. The van der Waals surface area contributed by atoms with Crippen LogP contribution >= 0.6 is 0 Å². The van der Waals surface area contributed by atoms with Gasteiger partial charge in [0, 0.05) is 17.4 Å². The van der Waals surface area contributed by atoms with Gasteiger partial charge in [-0.05, 0) is 6.07 Å². The van der Waals surface area contributed by atoms with Crippen LogP contribution in [0.15, 0.2) is 24.3 Å². The van der Waals surface area contributed by atoms with E-state index in [2.05, 4.69) is 4.74 Å².